The molecule has 0 aromatic heterocycles. The maximum atomic E-state index is 12.6. The molecule has 0 saturated carbocycles. The number of sulfonamides is 1. The molecule has 0 aliphatic carbocycles. The first-order valence-electron chi connectivity index (χ1n) is 7.86. The van der Waals surface area contributed by atoms with Gasteiger partial charge in [-0.2, -0.15) is 0 Å². The maximum absolute atomic E-state index is 12.6. The summed E-state index contributed by atoms with van der Waals surface area (Å²) in [6.07, 6.45) is 0. The Hall–Kier alpha value is -1.57. The van der Waals surface area contributed by atoms with Crippen LogP contribution in [0, 0.1) is 6.92 Å². The van der Waals surface area contributed by atoms with E-state index in [9.17, 15) is 13.5 Å². The number of fused-ring (bicyclic) bond motifs is 1. The van der Waals surface area contributed by atoms with Crippen LogP contribution >= 0.6 is 27.5 Å². The summed E-state index contributed by atoms with van der Waals surface area (Å²) in [6, 6.07) is 6.25. The third-order valence-electron chi connectivity index (χ3n) is 4.21. The number of halogens is 2. The lowest BCUT2D eigenvalue weighted by Gasteiger charge is -2.26. The predicted molar refractivity (Wildman–Crippen MR) is 107 cm³/mol. The van der Waals surface area contributed by atoms with Crippen molar-refractivity contribution >= 4 is 49.1 Å². The average Bonchev–Trinajstić information content (AvgIpc) is 2.48. The number of phenolic OH excluding ortho intramolecular Hbond substituents is 1. The second-order valence-electron chi connectivity index (χ2n) is 7.18. The van der Waals surface area contributed by atoms with E-state index in [2.05, 4.69) is 25.6 Å². The molecule has 2 aromatic carbocycles. The molecular weight excluding hydrogens is 440 g/mol. The number of hydrogen-bond acceptors (Lipinski definition) is 4. The minimum atomic E-state index is -3.82. The normalized spacial score (nSPS) is 15.8. The van der Waals surface area contributed by atoms with Gasteiger partial charge in [0, 0.05) is 15.1 Å². The number of nitrogens with one attached hydrogen (secondary N) is 1. The van der Waals surface area contributed by atoms with Gasteiger partial charge in [-0.1, -0.05) is 48.3 Å². The van der Waals surface area contributed by atoms with Gasteiger partial charge >= 0.3 is 0 Å². The zero-order valence-corrected chi connectivity index (χ0v) is 17.8. The third kappa shape index (κ3) is 3.23. The van der Waals surface area contributed by atoms with Crippen LogP contribution in [0.5, 0.6) is 5.75 Å². The van der Waals surface area contributed by atoms with Crippen LogP contribution in [0.3, 0.4) is 0 Å². The third-order valence-corrected chi connectivity index (χ3v) is 6.66. The summed E-state index contributed by atoms with van der Waals surface area (Å²) >= 11 is 9.49. The number of benzene rings is 2. The molecule has 1 heterocycles. The molecule has 0 amide bonds. The monoisotopic (exact) mass is 456 g/mol. The first kappa shape index (κ1) is 19.2. The van der Waals surface area contributed by atoms with Gasteiger partial charge in [0.1, 0.15) is 10.6 Å². The summed E-state index contributed by atoms with van der Waals surface area (Å²) < 4.78 is 28.5. The largest absolute Gasteiger partial charge is 0.507 e. The molecular formula is C18H18BrClN2O3S. The van der Waals surface area contributed by atoms with Crippen LogP contribution in [0.25, 0.3) is 0 Å². The molecule has 0 fully saturated rings. The zero-order valence-electron chi connectivity index (χ0n) is 14.7. The van der Waals surface area contributed by atoms with Crippen molar-refractivity contribution in [3.63, 3.8) is 0 Å². The van der Waals surface area contributed by atoms with Gasteiger partial charge in [-0.3, -0.25) is 4.72 Å². The van der Waals surface area contributed by atoms with E-state index in [1.807, 2.05) is 26.8 Å². The molecule has 3 rings (SSSR count). The first-order chi connectivity index (χ1) is 11.9. The Bertz CT molecular complexity index is 1060. The Morgan fingerprint density at radius 3 is 2.50 bits per heavy atom. The standard InChI is InChI=1S/C18H18BrClN2O3S/c1-9-12(19)8-11(18(2,3)4)16(23)15(9)17-21-13-7-10(20)5-6-14(13)26(24,25)22-17/h5-8,23H,1-4H3,(H,21,22). The molecule has 138 valence electrons. The molecule has 0 spiro atoms. The van der Waals surface area contributed by atoms with Crippen LogP contribution in [0.4, 0.5) is 5.69 Å². The van der Waals surface area contributed by atoms with Crippen LogP contribution < -0.4 is 4.72 Å². The Kier molecular flexibility index (Phi) is 4.61. The summed E-state index contributed by atoms with van der Waals surface area (Å²) in [5, 5.41) is 11.3. The molecule has 0 bridgehead atoms. The van der Waals surface area contributed by atoms with Crippen molar-refractivity contribution in [2.45, 2.75) is 38.0 Å². The highest BCUT2D eigenvalue weighted by molar-refractivity contribution is 9.10. The van der Waals surface area contributed by atoms with Crippen molar-refractivity contribution in [3.05, 3.63) is 50.5 Å². The maximum Gasteiger partial charge on any atom is 0.265 e. The number of aromatic hydroxyl groups is 1. The fourth-order valence-corrected chi connectivity index (χ4v) is 4.57. The lowest BCUT2D eigenvalue weighted by atomic mass is 9.84. The number of hydrogen-bond donors (Lipinski definition) is 2. The minimum Gasteiger partial charge on any atom is -0.507 e. The Labute approximate surface area is 166 Å². The number of nitrogens with zero attached hydrogens (tertiary/aromatic N) is 1. The van der Waals surface area contributed by atoms with E-state index in [1.54, 1.807) is 6.92 Å². The highest BCUT2D eigenvalue weighted by atomic mass is 79.9. The minimum absolute atomic E-state index is 0.00475. The molecule has 0 radical (unpaired) electrons. The van der Waals surface area contributed by atoms with Gasteiger partial charge in [0.25, 0.3) is 10.0 Å². The van der Waals surface area contributed by atoms with Crippen molar-refractivity contribution in [2.75, 3.05) is 0 Å². The van der Waals surface area contributed by atoms with Crippen LogP contribution in [0.1, 0.15) is 37.5 Å². The van der Waals surface area contributed by atoms with Crippen molar-refractivity contribution in [2.24, 2.45) is 4.99 Å². The van der Waals surface area contributed by atoms with Crippen molar-refractivity contribution in [1.82, 2.24) is 4.72 Å². The highest BCUT2D eigenvalue weighted by Gasteiger charge is 2.31. The van der Waals surface area contributed by atoms with Crippen molar-refractivity contribution < 1.29 is 13.5 Å². The molecule has 2 N–H and O–H groups in total. The summed E-state index contributed by atoms with van der Waals surface area (Å²) in [7, 11) is -3.82. The van der Waals surface area contributed by atoms with Gasteiger partial charge in [0.2, 0.25) is 0 Å². The smallest absolute Gasteiger partial charge is 0.265 e. The van der Waals surface area contributed by atoms with Gasteiger partial charge in [0.15, 0.2) is 5.84 Å². The number of aliphatic imine (C=N–C) groups is 1. The lowest BCUT2D eigenvalue weighted by molar-refractivity contribution is 0.445. The summed E-state index contributed by atoms with van der Waals surface area (Å²) in [4.78, 5) is 4.47. The topological polar surface area (TPSA) is 78.8 Å². The van der Waals surface area contributed by atoms with E-state index in [-0.39, 0.29) is 27.6 Å². The van der Waals surface area contributed by atoms with Crippen molar-refractivity contribution in [3.8, 4) is 5.75 Å². The quantitative estimate of drug-likeness (QED) is 0.646. The van der Waals surface area contributed by atoms with Gasteiger partial charge in [-0.15, -0.1) is 0 Å². The second-order valence-corrected chi connectivity index (χ2v) is 10.1. The molecule has 5 nitrogen and oxygen atoms in total. The summed E-state index contributed by atoms with van der Waals surface area (Å²) in [5.41, 5.74) is 1.61. The fraction of sp³-hybridized carbons (Fsp3) is 0.278. The molecule has 2 aromatic rings. The SMILES string of the molecule is Cc1c(Br)cc(C(C)(C)C)c(O)c1C1=Nc2cc(Cl)ccc2S(=O)(=O)N1. The van der Waals surface area contributed by atoms with E-state index >= 15 is 0 Å². The van der Waals surface area contributed by atoms with Gasteiger partial charge in [-0.25, -0.2) is 13.4 Å². The molecule has 0 saturated heterocycles. The summed E-state index contributed by atoms with van der Waals surface area (Å²) in [6.45, 7) is 7.69. The second kappa shape index (κ2) is 6.25. The Balaban J connectivity index is 2.33. The number of phenols is 1. The highest BCUT2D eigenvalue weighted by Crippen LogP contribution is 2.40. The van der Waals surface area contributed by atoms with Gasteiger partial charge < -0.3 is 5.11 Å². The van der Waals surface area contributed by atoms with Gasteiger partial charge in [0.05, 0.1) is 11.3 Å². The first-order valence-corrected chi connectivity index (χ1v) is 10.5. The fourth-order valence-electron chi connectivity index (χ4n) is 2.83. The Morgan fingerprint density at radius 1 is 1.23 bits per heavy atom. The molecule has 0 atom stereocenters. The van der Waals surface area contributed by atoms with Crippen LogP contribution in [0.15, 0.2) is 38.6 Å². The molecule has 1 aliphatic rings. The molecule has 0 unspecified atom stereocenters. The van der Waals surface area contributed by atoms with Crippen molar-refractivity contribution in [1.29, 1.82) is 0 Å². The zero-order chi connectivity index (χ0) is 19.4. The average molecular weight is 458 g/mol. The molecule has 8 heteroatoms. The summed E-state index contributed by atoms with van der Waals surface area (Å²) in [5.74, 6) is 0.0756. The van der Waals surface area contributed by atoms with Crippen LogP contribution in [0.2, 0.25) is 5.02 Å². The predicted octanol–water partition coefficient (Wildman–Crippen LogP) is 4.78. The van der Waals surface area contributed by atoms with Gasteiger partial charge in [-0.05, 0) is 42.2 Å². The van der Waals surface area contributed by atoms with E-state index in [0.29, 0.717) is 21.7 Å². The lowest BCUT2D eigenvalue weighted by Crippen LogP contribution is -2.34. The molecule has 26 heavy (non-hydrogen) atoms. The van der Waals surface area contributed by atoms with Crippen LogP contribution in [-0.4, -0.2) is 19.4 Å². The van der Waals surface area contributed by atoms with E-state index in [0.717, 1.165) is 4.47 Å². The van der Waals surface area contributed by atoms with E-state index in [4.69, 9.17) is 11.6 Å². The Morgan fingerprint density at radius 2 is 1.88 bits per heavy atom. The number of rotatable bonds is 1. The number of amidine groups is 1. The van der Waals surface area contributed by atoms with E-state index < -0.39 is 10.0 Å². The van der Waals surface area contributed by atoms with Crippen LogP contribution in [-0.2, 0) is 15.4 Å². The molecule has 1 aliphatic heterocycles. The van der Waals surface area contributed by atoms with E-state index in [1.165, 1.54) is 18.2 Å².